The summed E-state index contributed by atoms with van der Waals surface area (Å²) in [6.45, 7) is 1.30. The SMILES string of the molecule is CCS(=O)(=O)CCNC(=O)NCC(OC)C(=O)O. The maximum atomic E-state index is 11.2. The molecule has 106 valence electrons. The lowest BCUT2D eigenvalue weighted by atomic mass is 10.3. The molecule has 1 atom stereocenters. The van der Waals surface area contributed by atoms with Crippen molar-refractivity contribution in [1.29, 1.82) is 0 Å². The Morgan fingerprint density at radius 1 is 1.33 bits per heavy atom. The topological polar surface area (TPSA) is 122 Å². The summed E-state index contributed by atoms with van der Waals surface area (Å²) in [7, 11) is -1.91. The minimum atomic E-state index is -3.13. The number of ether oxygens (including phenoxy) is 1. The van der Waals surface area contributed by atoms with E-state index in [0.717, 1.165) is 0 Å². The molecule has 0 spiro atoms. The molecule has 0 saturated carbocycles. The summed E-state index contributed by atoms with van der Waals surface area (Å²) in [4.78, 5) is 21.7. The molecule has 0 aliphatic rings. The number of carbonyl (C=O) groups is 2. The van der Waals surface area contributed by atoms with E-state index in [2.05, 4.69) is 15.4 Å². The van der Waals surface area contributed by atoms with Gasteiger partial charge in [-0.3, -0.25) is 0 Å². The Morgan fingerprint density at radius 2 is 1.94 bits per heavy atom. The second kappa shape index (κ2) is 7.88. The summed E-state index contributed by atoms with van der Waals surface area (Å²) >= 11 is 0. The highest BCUT2D eigenvalue weighted by Crippen LogP contribution is 1.88. The predicted molar refractivity (Wildman–Crippen MR) is 64.2 cm³/mol. The van der Waals surface area contributed by atoms with Crippen LogP contribution in [0.1, 0.15) is 6.92 Å². The zero-order valence-corrected chi connectivity index (χ0v) is 11.1. The lowest BCUT2D eigenvalue weighted by Crippen LogP contribution is -2.43. The third kappa shape index (κ3) is 7.07. The molecule has 8 nitrogen and oxygen atoms in total. The van der Waals surface area contributed by atoms with Crippen LogP contribution >= 0.6 is 0 Å². The van der Waals surface area contributed by atoms with Crippen molar-refractivity contribution in [3.8, 4) is 0 Å². The van der Waals surface area contributed by atoms with Crippen LogP contribution in [0.25, 0.3) is 0 Å². The van der Waals surface area contributed by atoms with E-state index in [1.165, 1.54) is 14.0 Å². The average molecular weight is 282 g/mol. The largest absolute Gasteiger partial charge is 0.479 e. The molecule has 9 heteroatoms. The first-order chi connectivity index (χ1) is 8.32. The van der Waals surface area contributed by atoms with Crippen LogP contribution in [0.2, 0.25) is 0 Å². The van der Waals surface area contributed by atoms with E-state index in [1.807, 2.05) is 0 Å². The number of sulfone groups is 1. The van der Waals surface area contributed by atoms with E-state index in [9.17, 15) is 18.0 Å². The zero-order chi connectivity index (χ0) is 14.2. The third-order valence-corrected chi connectivity index (χ3v) is 3.85. The summed E-state index contributed by atoms with van der Waals surface area (Å²) in [6, 6.07) is -0.635. The zero-order valence-electron chi connectivity index (χ0n) is 10.3. The maximum Gasteiger partial charge on any atom is 0.334 e. The number of urea groups is 1. The molecular formula is C9H18N2O6S. The van der Waals surface area contributed by atoms with E-state index >= 15 is 0 Å². The van der Waals surface area contributed by atoms with Crippen LogP contribution in [0.3, 0.4) is 0 Å². The molecule has 0 aromatic rings. The average Bonchev–Trinajstić information content (AvgIpc) is 2.29. The summed E-state index contributed by atoms with van der Waals surface area (Å²) in [6.07, 6.45) is -1.13. The summed E-state index contributed by atoms with van der Waals surface area (Å²) in [5, 5.41) is 13.2. The maximum absolute atomic E-state index is 11.2. The Balaban J connectivity index is 3.89. The Kier molecular flexibility index (Phi) is 7.29. The molecular weight excluding hydrogens is 264 g/mol. The quantitative estimate of drug-likeness (QED) is 0.515. The number of carboxylic acid groups (broad SMARTS) is 1. The van der Waals surface area contributed by atoms with Gasteiger partial charge in [0.25, 0.3) is 0 Å². The molecule has 0 heterocycles. The fourth-order valence-electron chi connectivity index (χ4n) is 0.984. The van der Waals surface area contributed by atoms with Crippen molar-refractivity contribution in [2.45, 2.75) is 13.0 Å². The number of hydrogen-bond donors (Lipinski definition) is 3. The summed E-state index contributed by atoms with van der Waals surface area (Å²) < 4.78 is 26.8. The van der Waals surface area contributed by atoms with E-state index < -0.39 is 27.9 Å². The minimum Gasteiger partial charge on any atom is -0.479 e. The fourth-order valence-corrected chi connectivity index (χ4v) is 1.69. The van der Waals surface area contributed by atoms with Crippen LogP contribution in [0.5, 0.6) is 0 Å². The number of carbonyl (C=O) groups excluding carboxylic acids is 1. The van der Waals surface area contributed by atoms with Gasteiger partial charge in [-0.05, 0) is 0 Å². The number of hydrogen-bond acceptors (Lipinski definition) is 5. The molecule has 0 aliphatic heterocycles. The highest BCUT2D eigenvalue weighted by Gasteiger charge is 2.17. The van der Waals surface area contributed by atoms with Crippen molar-refractivity contribution in [2.75, 3.05) is 31.7 Å². The number of nitrogens with one attached hydrogen (secondary N) is 2. The second-order valence-corrected chi connectivity index (χ2v) is 5.91. The van der Waals surface area contributed by atoms with Crippen molar-refractivity contribution >= 4 is 21.8 Å². The van der Waals surface area contributed by atoms with Crippen LogP contribution in [-0.2, 0) is 19.4 Å². The molecule has 0 aliphatic carbocycles. The molecule has 0 rings (SSSR count). The normalized spacial score (nSPS) is 12.8. The Labute approximate surface area is 106 Å². The van der Waals surface area contributed by atoms with Crippen LogP contribution in [-0.4, -0.2) is 63.3 Å². The Morgan fingerprint density at radius 3 is 2.39 bits per heavy atom. The van der Waals surface area contributed by atoms with Gasteiger partial charge in [-0.15, -0.1) is 0 Å². The van der Waals surface area contributed by atoms with Crippen molar-refractivity contribution in [3.63, 3.8) is 0 Å². The lowest BCUT2D eigenvalue weighted by Gasteiger charge is -2.12. The van der Waals surface area contributed by atoms with E-state index in [4.69, 9.17) is 5.11 Å². The molecule has 0 bridgehead atoms. The molecule has 0 aromatic carbocycles. The van der Waals surface area contributed by atoms with Gasteiger partial charge in [-0.1, -0.05) is 6.92 Å². The van der Waals surface area contributed by atoms with Gasteiger partial charge in [0.15, 0.2) is 15.9 Å². The predicted octanol–water partition coefficient (Wildman–Crippen LogP) is -1.18. The summed E-state index contributed by atoms with van der Waals surface area (Å²) in [5.41, 5.74) is 0. The van der Waals surface area contributed by atoms with Crippen molar-refractivity contribution < 1.29 is 27.9 Å². The van der Waals surface area contributed by atoms with Crippen LogP contribution in [0, 0.1) is 0 Å². The molecule has 0 aromatic heterocycles. The van der Waals surface area contributed by atoms with Crippen molar-refractivity contribution in [3.05, 3.63) is 0 Å². The number of methoxy groups -OCH3 is 1. The molecule has 2 amide bonds. The first-order valence-electron chi connectivity index (χ1n) is 5.30. The smallest absolute Gasteiger partial charge is 0.334 e. The fraction of sp³-hybridized carbons (Fsp3) is 0.778. The molecule has 1 unspecified atom stereocenters. The molecule has 3 N–H and O–H groups in total. The first-order valence-corrected chi connectivity index (χ1v) is 7.12. The van der Waals surface area contributed by atoms with Crippen LogP contribution < -0.4 is 10.6 Å². The number of rotatable bonds is 8. The first kappa shape index (κ1) is 16.6. The minimum absolute atomic E-state index is 0.0149. The Hall–Kier alpha value is -1.35. The van der Waals surface area contributed by atoms with Gasteiger partial charge in [0.2, 0.25) is 0 Å². The lowest BCUT2D eigenvalue weighted by molar-refractivity contribution is -0.147. The van der Waals surface area contributed by atoms with E-state index in [0.29, 0.717) is 0 Å². The number of carboxylic acids is 1. The molecule has 0 fully saturated rings. The Bertz CT molecular complexity index is 381. The van der Waals surface area contributed by atoms with Gasteiger partial charge < -0.3 is 20.5 Å². The molecule has 0 saturated heterocycles. The summed E-state index contributed by atoms with van der Waals surface area (Å²) in [5.74, 6) is -1.32. The van der Waals surface area contributed by atoms with Crippen molar-refractivity contribution in [1.82, 2.24) is 10.6 Å². The van der Waals surface area contributed by atoms with E-state index in [1.54, 1.807) is 0 Å². The van der Waals surface area contributed by atoms with Crippen LogP contribution in [0.15, 0.2) is 0 Å². The third-order valence-electron chi connectivity index (χ3n) is 2.15. The molecule has 18 heavy (non-hydrogen) atoms. The van der Waals surface area contributed by atoms with E-state index in [-0.39, 0.29) is 24.6 Å². The standard InChI is InChI=1S/C9H18N2O6S/c1-3-18(15,16)5-4-10-9(14)11-6-7(17-2)8(12)13/h7H,3-6H2,1-2H3,(H,12,13)(H2,10,11,14). The second-order valence-electron chi connectivity index (χ2n) is 3.44. The highest BCUT2D eigenvalue weighted by molar-refractivity contribution is 7.91. The van der Waals surface area contributed by atoms with Gasteiger partial charge in [0.05, 0.1) is 12.3 Å². The van der Waals surface area contributed by atoms with Gasteiger partial charge in [0.1, 0.15) is 0 Å². The van der Waals surface area contributed by atoms with Crippen molar-refractivity contribution in [2.24, 2.45) is 0 Å². The van der Waals surface area contributed by atoms with Gasteiger partial charge in [0, 0.05) is 19.4 Å². The van der Waals surface area contributed by atoms with Crippen LogP contribution in [0.4, 0.5) is 4.79 Å². The molecule has 0 radical (unpaired) electrons. The van der Waals surface area contributed by atoms with Gasteiger partial charge in [-0.25, -0.2) is 18.0 Å². The van der Waals surface area contributed by atoms with Gasteiger partial charge >= 0.3 is 12.0 Å². The highest BCUT2D eigenvalue weighted by atomic mass is 32.2. The monoisotopic (exact) mass is 282 g/mol. The number of amides is 2. The number of aliphatic carboxylic acids is 1. The van der Waals surface area contributed by atoms with Gasteiger partial charge in [-0.2, -0.15) is 0 Å².